The van der Waals surface area contributed by atoms with Crippen LogP contribution in [-0.4, -0.2) is 46.6 Å². The van der Waals surface area contributed by atoms with Gasteiger partial charge in [0.2, 0.25) is 5.78 Å². The zero-order valence-corrected chi connectivity index (χ0v) is 12.9. The fourth-order valence-electron chi connectivity index (χ4n) is 2.41. The predicted molar refractivity (Wildman–Crippen MR) is 82.3 cm³/mol. The summed E-state index contributed by atoms with van der Waals surface area (Å²) in [5.41, 5.74) is -0.182. The summed E-state index contributed by atoms with van der Waals surface area (Å²) in [5.74, 6) is -0.994. The molecule has 0 N–H and O–H groups in total. The molecule has 1 aromatic carbocycles. The average molecular weight is 319 g/mol. The molecule has 122 valence electrons. The van der Waals surface area contributed by atoms with Gasteiger partial charge in [0.15, 0.2) is 0 Å². The standard InChI is InChI=1S/C15H17N3O5/c1-3-17-13(15(20)23-4-2)9-11(16-17)14(19)10-7-5-6-8-12(10)18(21)22/h5-8,13H,3-4,9H2,1-2H3. The van der Waals surface area contributed by atoms with Crippen LogP contribution in [0.3, 0.4) is 0 Å². The van der Waals surface area contributed by atoms with Gasteiger partial charge >= 0.3 is 5.97 Å². The molecule has 0 bridgehead atoms. The van der Waals surface area contributed by atoms with Gasteiger partial charge in [0.1, 0.15) is 17.3 Å². The molecule has 8 nitrogen and oxygen atoms in total. The van der Waals surface area contributed by atoms with E-state index in [2.05, 4.69) is 5.10 Å². The third-order valence-electron chi connectivity index (χ3n) is 3.49. The van der Waals surface area contributed by atoms with Crippen molar-refractivity contribution in [3.05, 3.63) is 39.9 Å². The van der Waals surface area contributed by atoms with Gasteiger partial charge in [-0.25, -0.2) is 4.79 Å². The first-order valence-corrected chi connectivity index (χ1v) is 7.28. The monoisotopic (exact) mass is 319 g/mol. The molecule has 8 heteroatoms. The molecule has 0 aliphatic carbocycles. The highest BCUT2D eigenvalue weighted by Crippen LogP contribution is 2.23. The van der Waals surface area contributed by atoms with Crippen LogP contribution >= 0.6 is 0 Å². The predicted octanol–water partition coefficient (Wildman–Crippen LogP) is 1.79. The zero-order chi connectivity index (χ0) is 17.0. The Morgan fingerprint density at radius 2 is 2.09 bits per heavy atom. The van der Waals surface area contributed by atoms with E-state index < -0.39 is 22.7 Å². The summed E-state index contributed by atoms with van der Waals surface area (Å²) in [4.78, 5) is 34.9. The van der Waals surface area contributed by atoms with E-state index in [0.717, 1.165) is 0 Å². The molecule has 1 aromatic rings. The lowest BCUT2D eigenvalue weighted by Crippen LogP contribution is -2.35. The number of hydrogen-bond donors (Lipinski definition) is 0. The Kier molecular flexibility index (Phi) is 5.05. The highest BCUT2D eigenvalue weighted by molar-refractivity contribution is 6.47. The van der Waals surface area contributed by atoms with Crippen molar-refractivity contribution in [2.75, 3.05) is 13.2 Å². The number of benzene rings is 1. The Hall–Kier alpha value is -2.77. The van der Waals surface area contributed by atoms with E-state index in [1.165, 1.54) is 23.2 Å². The molecule has 1 aliphatic rings. The van der Waals surface area contributed by atoms with Gasteiger partial charge in [0.25, 0.3) is 5.69 Å². The van der Waals surface area contributed by atoms with Crippen LogP contribution < -0.4 is 0 Å². The lowest BCUT2D eigenvalue weighted by Gasteiger charge is -2.19. The molecular formula is C15H17N3O5. The topological polar surface area (TPSA) is 102 Å². The Morgan fingerprint density at radius 3 is 2.70 bits per heavy atom. The van der Waals surface area contributed by atoms with Crippen LogP contribution in [0.4, 0.5) is 5.69 Å². The van der Waals surface area contributed by atoms with Gasteiger partial charge in [0.05, 0.1) is 11.5 Å². The lowest BCUT2D eigenvalue weighted by molar-refractivity contribution is -0.385. The van der Waals surface area contributed by atoms with E-state index >= 15 is 0 Å². The number of likely N-dealkylation sites (N-methyl/N-ethyl adjacent to an activating group) is 1. The highest BCUT2D eigenvalue weighted by atomic mass is 16.6. The van der Waals surface area contributed by atoms with Crippen molar-refractivity contribution in [2.24, 2.45) is 5.10 Å². The van der Waals surface area contributed by atoms with Gasteiger partial charge in [-0.1, -0.05) is 12.1 Å². The summed E-state index contributed by atoms with van der Waals surface area (Å²) in [6, 6.07) is 5.03. The highest BCUT2D eigenvalue weighted by Gasteiger charge is 2.37. The van der Waals surface area contributed by atoms with Crippen molar-refractivity contribution < 1.29 is 19.2 Å². The number of ketones is 1. The largest absolute Gasteiger partial charge is 0.464 e. The molecule has 1 atom stereocenters. The molecule has 23 heavy (non-hydrogen) atoms. The molecule has 2 rings (SSSR count). The zero-order valence-electron chi connectivity index (χ0n) is 12.9. The summed E-state index contributed by atoms with van der Waals surface area (Å²) in [5, 5.41) is 16.7. The molecule has 1 aliphatic heterocycles. The van der Waals surface area contributed by atoms with Crippen LogP contribution in [0.5, 0.6) is 0 Å². The second-order valence-electron chi connectivity index (χ2n) is 4.88. The molecule has 0 spiro atoms. The van der Waals surface area contributed by atoms with Crippen LogP contribution in [-0.2, 0) is 9.53 Å². The van der Waals surface area contributed by atoms with Gasteiger partial charge in [-0.15, -0.1) is 0 Å². The van der Waals surface area contributed by atoms with E-state index in [1.807, 2.05) is 0 Å². The number of hydrazone groups is 1. The van der Waals surface area contributed by atoms with Crippen molar-refractivity contribution >= 4 is 23.2 Å². The number of Topliss-reactive ketones (excluding diaryl/α,β-unsaturated/α-hetero) is 1. The number of nitrogens with zero attached hydrogens (tertiary/aromatic N) is 3. The minimum atomic E-state index is -0.665. The first-order chi connectivity index (χ1) is 11.0. The van der Waals surface area contributed by atoms with Crippen molar-refractivity contribution in [1.29, 1.82) is 0 Å². The molecule has 0 saturated carbocycles. The second kappa shape index (κ2) is 6.99. The first-order valence-electron chi connectivity index (χ1n) is 7.28. The summed E-state index contributed by atoms with van der Waals surface area (Å²) in [6.07, 6.45) is 0.0809. The van der Waals surface area contributed by atoms with Gasteiger partial charge in [-0.3, -0.25) is 19.9 Å². The number of nitro benzene ring substituents is 1. The minimum Gasteiger partial charge on any atom is -0.464 e. The van der Waals surface area contributed by atoms with Gasteiger partial charge in [0, 0.05) is 19.0 Å². The number of nitro groups is 1. The number of hydrogen-bond acceptors (Lipinski definition) is 7. The number of carbonyl (C=O) groups is 2. The smallest absolute Gasteiger partial charge is 0.330 e. The number of para-hydroxylation sites is 1. The molecular weight excluding hydrogens is 302 g/mol. The van der Waals surface area contributed by atoms with E-state index in [0.29, 0.717) is 6.54 Å². The van der Waals surface area contributed by atoms with Crippen molar-refractivity contribution in [3.63, 3.8) is 0 Å². The average Bonchev–Trinajstić information content (AvgIpc) is 2.98. The number of ether oxygens (including phenoxy) is 1. The normalized spacial score (nSPS) is 16.9. The third-order valence-corrected chi connectivity index (χ3v) is 3.49. The maximum atomic E-state index is 12.5. The Bertz CT molecular complexity index is 671. The molecule has 0 amide bonds. The quantitative estimate of drug-likeness (QED) is 0.343. The van der Waals surface area contributed by atoms with Gasteiger partial charge in [-0.05, 0) is 19.9 Å². The van der Waals surface area contributed by atoms with E-state index in [9.17, 15) is 19.7 Å². The Balaban J connectivity index is 2.27. The van der Waals surface area contributed by atoms with Crippen LogP contribution in [0.25, 0.3) is 0 Å². The third kappa shape index (κ3) is 3.36. The minimum absolute atomic E-state index is 0.0307. The molecule has 1 unspecified atom stereocenters. The van der Waals surface area contributed by atoms with Crippen LogP contribution in [0.1, 0.15) is 30.6 Å². The SMILES string of the molecule is CCOC(=O)C1CC(C(=O)c2ccccc2[N+](=O)[O-])=NN1CC. The maximum Gasteiger partial charge on any atom is 0.330 e. The Labute approximate surface area is 132 Å². The van der Waals surface area contributed by atoms with E-state index in [1.54, 1.807) is 19.9 Å². The molecule has 0 fully saturated rings. The fraction of sp³-hybridized carbons (Fsp3) is 0.400. The molecule has 0 aromatic heterocycles. The lowest BCUT2D eigenvalue weighted by atomic mass is 10.0. The van der Waals surface area contributed by atoms with Crippen molar-refractivity contribution in [2.45, 2.75) is 26.3 Å². The van der Waals surface area contributed by atoms with E-state index in [-0.39, 0.29) is 30.0 Å². The fourth-order valence-corrected chi connectivity index (χ4v) is 2.41. The summed E-state index contributed by atoms with van der Waals surface area (Å²) in [7, 11) is 0. The Morgan fingerprint density at radius 1 is 1.39 bits per heavy atom. The van der Waals surface area contributed by atoms with Gasteiger partial charge in [-0.2, -0.15) is 5.10 Å². The first kappa shape index (κ1) is 16.6. The number of carbonyl (C=O) groups excluding carboxylic acids is 2. The summed E-state index contributed by atoms with van der Waals surface area (Å²) >= 11 is 0. The van der Waals surface area contributed by atoms with Crippen LogP contribution in [0, 0.1) is 10.1 Å². The molecule has 1 heterocycles. The number of esters is 1. The van der Waals surface area contributed by atoms with Crippen LogP contribution in [0.2, 0.25) is 0 Å². The summed E-state index contributed by atoms with van der Waals surface area (Å²) in [6.45, 7) is 4.16. The number of rotatable bonds is 6. The van der Waals surface area contributed by atoms with Crippen LogP contribution in [0.15, 0.2) is 29.4 Å². The summed E-state index contributed by atoms with van der Waals surface area (Å²) < 4.78 is 4.98. The van der Waals surface area contributed by atoms with Crippen molar-refractivity contribution in [1.82, 2.24) is 5.01 Å². The van der Waals surface area contributed by atoms with Crippen molar-refractivity contribution in [3.8, 4) is 0 Å². The van der Waals surface area contributed by atoms with E-state index in [4.69, 9.17) is 4.74 Å². The molecule has 0 saturated heterocycles. The van der Waals surface area contributed by atoms with Gasteiger partial charge < -0.3 is 4.74 Å². The maximum absolute atomic E-state index is 12.5. The second-order valence-corrected chi connectivity index (χ2v) is 4.88. The molecule has 0 radical (unpaired) electrons.